The number of benzene rings is 1. The van der Waals surface area contributed by atoms with E-state index in [0.29, 0.717) is 18.0 Å². The van der Waals surface area contributed by atoms with Gasteiger partial charge in [0.05, 0.1) is 12.8 Å². The van der Waals surface area contributed by atoms with E-state index >= 15 is 0 Å². The van der Waals surface area contributed by atoms with E-state index in [1.54, 1.807) is 24.3 Å². The van der Waals surface area contributed by atoms with Gasteiger partial charge in [0.25, 0.3) is 10.0 Å². The number of carbonyl (C=O) groups is 1. The summed E-state index contributed by atoms with van der Waals surface area (Å²) in [6.45, 7) is 2.46. The number of carbonyl (C=O) groups excluding carboxylic acids is 1. The lowest BCUT2D eigenvalue weighted by atomic mass is 10.3. The Morgan fingerprint density at radius 3 is 2.44 bits per heavy atom. The summed E-state index contributed by atoms with van der Waals surface area (Å²) in [5.74, 6) is 0.715. The summed E-state index contributed by atoms with van der Waals surface area (Å²) in [6.07, 6.45) is 1.25. The van der Waals surface area contributed by atoms with Gasteiger partial charge in [-0.3, -0.25) is 4.90 Å². The molecule has 25 heavy (non-hydrogen) atoms. The minimum atomic E-state index is -3.57. The first-order chi connectivity index (χ1) is 11.8. The van der Waals surface area contributed by atoms with Gasteiger partial charge in [0, 0.05) is 26.8 Å². The number of hydrogen-bond acceptors (Lipinski definition) is 6. The first-order valence-corrected chi connectivity index (χ1v) is 9.67. The van der Waals surface area contributed by atoms with Crippen LogP contribution in [0.1, 0.15) is 6.92 Å². The molecule has 1 heterocycles. The number of rotatable bonds is 6. The summed E-state index contributed by atoms with van der Waals surface area (Å²) in [4.78, 5) is 17.6. The van der Waals surface area contributed by atoms with Crippen molar-refractivity contribution in [3.63, 3.8) is 0 Å². The number of nitrogens with one attached hydrogen (secondary N) is 1. The monoisotopic (exact) mass is 384 g/mol. The highest BCUT2D eigenvalue weighted by Crippen LogP contribution is 2.27. The minimum absolute atomic E-state index is 0.0771. The molecule has 1 aromatic carbocycles. The molecule has 0 bridgehead atoms. The molecule has 0 aliphatic rings. The Kier molecular flexibility index (Phi) is 5.98. The smallest absolute Gasteiger partial charge is 0.327 e. The fourth-order valence-electron chi connectivity index (χ4n) is 1.80. The van der Waals surface area contributed by atoms with Crippen LogP contribution in [0.5, 0.6) is 5.75 Å². The van der Waals surface area contributed by atoms with E-state index in [2.05, 4.69) is 10.3 Å². The van der Waals surface area contributed by atoms with Gasteiger partial charge in [-0.2, -0.15) is 0 Å². The molecule has 0 aliphatic heterocycles. The lowest BCUT2D eigenvalue weighted by Crippen LogP contribution is -2.31. The van der Waals surface area contributed by atoms with Crippen LogP contribution in [0, 0.1) is 0 Å². The fourth-order valence-corrected chi connectivity index (χ4v) is 4.05. The van der Waals surface area contributed by atoms with E-state index in [1.165, 1.54) is 32.2 Å². The van der Waals surface area contributed by atoms with E-state index in [0.717, 1.165) is 15.6 Å². The Morgan fingerprint density at radius 2 is 1.88 bits per heavy atom. The second-order valence-corrected chi connectivity index (χ2v) is 8.58. The highest BCUT2D eigenvalue weighted by atomic mass is 32.2. The zero-order valence-corrected chi connectivity index (χ0v) is 16.0. The second kappa shape index (κ2) is 7.81. The average Bonchev–Trinajstić information content (AvgIpc) is 3.06. The van der Waals surface area contributed by atoms with Crippen LogP contribution in [0.2, 0.25) is 0 Å². The van der Waals surface area contributed by atoms with Crippen LogP contribution >= 0.6 is 11.3 Å². The van der Waals surface area contributed by atoms with Gasteiger partial charge in [0.1, 0.15) is 5.75 Å². The molecule has 0 saturated carbocycles. The molecule has 2 aromatic rings. The first-order valence-electron chi connectivity index (χ1n) is 7.41. The number of hydrogen-bond donors (Lipinski definition) is 1. The van der Waals surface area contributed by atoms with Gasteiger partial charge in [0.15, 0.2) is 9.34 Å². The third-order valence-electron chi connectivity index (χ3n) is 3.22. The lowest BCUT2D eigenvalue weighted by molar-refractivity contribution is 0.258. The van der Waals surface area contributed by atoms with Crippen LogP contribution in [0.3, 0.4) is 0 Å². The van der Waals surface area contributed by atoms with E-state index in [-0.39, 0.29) is 9.34 Å². The number of amides is 2. The van der Waals surface area contributed by atoms with E-state index < -0.39 is 16.1 Å². The van der Waals surface area contributed by atoms with E-state index in [1.807, 2.05) is 6.92 Å². The Hall–Kier alpha value is -2.17. The van der Waals surface area contributed by atoms with Gasteiger partial charge in [-0.25, -0.2) is 22.5 Å². The Labute approximate surface area is 151 Å². The Morgan fingerprint density at radius 1 is 1.24 bits per heavy atom. The van der Waals surface area contributed by atoms with E-state index in [9.17, 15) is 13.2 Å². The normalized spacial score (nSPS) is 11.4. The molecular weight excluding hydrogens is 364 g/mol. The number of nitrogens with zero attached hydrogens (tertiary/aromatic N) is 3. The predicted octanol–water partition coefficient (Wildman–Crippen LogP) is 2.46. The topological polar surface area (TPSA) is 91.8 Å². The molecule has 0 saturated heterocycles. The summed E-state index contributed by atoms with van der Waals surface area (Å²) in [5, 5.41) is 3.00. The van der Waals surface area contributed by atoms with Crippen LogP contribution in [-0.4, -0.2) is 51.5 Å². The summed E-state index contributed by atoms with van der Waals surface area (Å²) >= 11 is 0.929. The van der Waals surface area contributed by atoms with Crippen LogP contribution in [-0.2, 0) is 10.0 Å². The molecule has 0 radical (unpaired) electrons. The maximum absolute atomic E-state index is 12.3. The van der Waals surface area contributed by atoms with Crippen molar-refractivity contribution in [1.29, 1.82) is 0 Å². The molecule has 0 fully saturated rings. The van der Waals surface area contributed by atoms with Crippen LogP contribution in [0.25, 0.3) is 0 Å². The SMILES string of the molecule is CCOc1ccc(NC(=O)N(C)c2ncc(S(=O)(=O)N(C)C)s2)cc1. The Balaban J connectivity index is 2.09. The molecule has 10 heteroatoms. The number of anilines is 2. The summed E-state index contributed by atoms with van der Waals surface area (Å²) < 4.78 is 30.7. The molecule has 0 spiro atoms. The third kappa shape index (κ3) is 4.47. The molecule has 0 aliphatic carbocycles. The second-order valence-electron chi connectivity index (χ2n) is 5.20. The zero-order valence-electron chi connectivity index (χ0n) is 14.4. The van der Waals surface area contributed by atoms with Crippen LogP contribution in [0.4, 0.5) is 15.6 Å². The number of sulfonamides is 1. The molecular formula is C15H20N4O4S2. The summed E-state index contributed by atoms with van der Waals surface area (Å²) in [6, 6.07) is 6.53. The highest BCUT2D eigenvalue weighted by Gasteiger charge is 2.23. The average molecular weight is 384 g/mol. The Bertz CT molecular complexity index is 831. The molecule has 1 N–H and O–H groups in total. The molecule has 0 atom stereocenters. The standard InChI is InChI=1S/C15H20N4O4S2/c1-5-23-12-8-6-11(7-9-12)17-14(20)19(4)15-16-10-13(24-15)25(21,22)18(2)3/h6-10H,5H2,1-4H3,(H,17,20). The quantitative estimate of drug-likeness (QED) is 0.826. The maximum atomic E-state index is 12.3. The van der Waals surface area contributed by atoms with Gasteiger partial charge in [0.2, 0.25) is 0 Å². The van der Waals surface area contributed by atoms with Crippen molar-refractivity contribution < 1.29 is 17.9 Å². The highest BCUT2D eigenvalue weighted by molar-refractivity contribution is 7.91. The number of aromatic nitrogens is 1. The van der Waals surface area contributed by atoms with Crippen molar-refractivity contribution in [2.75, 3.05) is 38.0 Å². The fraction of sp³-hybridized carbons (Fsp3) is 0.333. The largest absolute Gasteiger partial charge is 0.494 e. The van der Waals surface area contributed by atoms with E-state index in [4.69, 9.17) is 4.74 Å². The number of ether oxygens (including phenoxy) is 1. The van der Waals surface area contributed by atoms with Crippen molar-refractivity contribution >= 4 is 38.2 Å². The molecule has 8 nitrogen and oxygen atoms in total. The van der Waals surface area contributed by atoms with Crippen molar-refractivity contribution in [3.8, 4) is 5.75 Å². The summed E-state index contributed by atoms with van der Waals surface area (Å²) in [5.41, 5.74) is 0.595. The first kappa shape index (κ1) is 19.2. The van der Waals surface area contributed by atoms with Gasteiger partial charge >= 0.3 is 6.03 Å². The van der Waals surface area contributed by atoms with Crippen molar-refractivity contribution in [1.82, 2.24) is 9.29 Å². The summed E-state index contributed by atoms with van der Waals surface area (Å²) in [7, 11) is 0.838. The molecule has 1 aromatic heterocycles. The third-order valence-corrected chi connectivity index (χ3v) is 6.54. The van der Waals surface area contributed by atoms with Crippen molar-refractivity contribution in [3.05, 3.63) is 30.5 Å². The van der Waals surface area contributed by atoms with Gasteiger partial charge in [-0.05, 0) is 31.2 Å². The maximum Gasteiger partial charge on any atom is 0.327 e. The lowest BCUT2D eigenvalue weighted by Gasteiger charge is -2.15. The van der Waals surface area contributed by atoms with Crippen molar-refractivity contribution in [2.45, 2.75) is 11.1 Å². The van der Waals surface area contributed by atoms with Gasteiger partial charge in [-0.15, -0.1) is 0 Å². The molecule has 2 rings (SSSR count). The number of thiazole rings is 1. The zero-order chi connectivity index (χ0) is 18.6. The molecule has 2 amide bonds. The van der Waals surface area contributed by atoms with Crippen LogP contribution in [0.15, 0.2) is 34.7 Å². The molecule has 136 valence electrons. The predicted molar refractivity (Wildman–Crippen MR) is 98.0 cm³/mol. The van der Waals surface area contributed by atoms with Crippen molar-refractivity contribution in [2.24, 2.45) is 0 Å². The van der Waals surface area contributed by atoms with Crippen LogP contribution < -0.4 is 15.0 Å². The number of urea groups is 1. The minimum Gasteiger partial charge on any atom is -0.494 e. The molecule has 0 unspecified atom stereocenters. The van der Waals surface area contributed by atoms with Gasteiger partial charge < -0.3 is 10.1 Å². The van der Waals surface area contributed by atoms with Gasteiger partial charge in [-0.1, -0.05) is 11.3 Å².